The number of esters is 1. The summed E-state index contributed by atoms with van der Waals surface area (Å²) in [5.74, 6) is -0.889. The molecule has 2 aromatic carbocycles. The maximum absolute atomic E-state index is 12.4. The summed E-state index contributed by atoms with van der Waals surface area (Å²) in [6.45, 7) is 2.03. The largest absolute Gasteiger partial charge is 0.457 e. The maximum Gasteiger partial charge on any atom is 0.342 e. The Morgan fingerprint density at radius 2 is 1.55 bits per heavy atom. The lowest BCUT2D eigenvalue weighted by molar-refractivity contribution is -0.139. The number of ketones is 1. The second-order valence-corrected chi connectivity index (χ2v) is 4.78. The summed E-state index contributed by atoms with van der Waals surface area (Å²) in [6, 6.07) is 18.1. The Bertz CT molecular complexity index is 658. The Hall–Kier alpha value is -2.68. The van der Waals surface area contributed by atoms with E-state index >= 15 is 0 Å². The van der Waals surface area contributed by atoms with Crippen molar-refractivity contribution in [3.05, 3.63) is 83.4 Å². The molecule has 0 unspecified atom stereocenters. The molecule has 0 aliphatic rings. The summed E-state index contributed by atoms with van der Waals surface area (Å²) < 4.78 is 5.26. The van der Waals surface area contributed by atoms with Crippen molar-refractivity contribution in [2.24, 2.45) is 0 Å². The molecule has 0 aromatic heterocycles. The Kier molecular flexibility index (Phi) is 5.66. The topological polar surface area (TPSA) is 43.4 Å². The van der Waals surface area contributed by atoms with Crippen LogP contribution in [-0.2, 0) is 16.1 Å². The normalized spacial score (nSPS) is 11.0. The minimum Gasteiger partial charge on any atom is -0.457 e. The molecular formula is C19H18O3. The molecular weight excluding hydrogens is 276 g/mol. The Labute approximate surface area is 130 Å². The predicted molar refractivity (Wildman–Crippen MR) is 85.4 cm³/mol. The summed E-state index contributed by atoms with van der Waals surface area (Å²) in [6.07, 6.45) is 2.21. The first kappa shape index (κ1) is 15.7. The second kappa shape index (κ2) is 7.93. The number of allylic oxidation sites excluding steroid dienone is 1. The third-order valence-electron chi connectivity index (χ3n) is 3.12. The van der Waals surface area contributed by atoms with Crippen LogP contribution in [0.3, 0.4) is 0 Å². The number of benzene rings is 2. The zero-order valence-corrected chi connectivity index (χ0v) is 12.5. The lowest BCUT2D eigenvalue weighted by Crippen LogP contribution is -2.16. The van der Waals surface area contributed by atoms with Crippen LogP contribution in [0.5, 0.6) is 0 Å². The summed E-state index contributed by atoms with van der Waals surface area (Å²) in [5, 5.41) is 0. The third kappa shape index (κ3) is 4.16. The Morgan fingerprint density at radius 3 is 2.14 bits per heavy atom. The molecule has 0 saturated heterocycles. The lowest BCUT2D eigenvalue weighted by atomic mass is 10.0. The van der Waals surface area contributed by atoms with Crippen LogP contribution in [-0.4, -0.2) is 11.8 Å². The fourth-order valence-electron chi connectivity index (χ4n) is 2.02. The van der Waals surface area contributed by atoms with E-state index in [2.05, 4.69) is 0 Å². The molecule has 3 heteroatoms. The van der Waals surface area contributed by atoms with E-state index in [4.69, 9.17) is 4.74 Å². The molecule has 0 spiro atoms. The van der Waals surface area contributed by atoms with Crippen LogP contribution < -0.4 is 0 Å². The number of ether oxygens (including phenoxy) is 1. The Morgan fingerprint density at radius 1 is 0.955 bits per heavy atom. The average molecular weight is 294 g/mol. The summed E-state index contributed by atoms with van der Waals surface area (Å²) >= 11 is 0. The van der Waals surface area contributed by atoms with E-state index in [1.54, 1.807) is 30.3 Å². The zero-order valence-electron chi connectivity index (χ0n) is 12.5. The molecule has 0 fully saturated rings. The van der Waals surface area contributed by atoms with Gasteiger partial charge in [-0.3, -0.25) is 4.79 Å². The number of rotatable bonds is 6. The van der Waals surface area contributed by atoms with Crippen LogP contribution in [0.4, 0.5) is 0 Å². The van der Waals surface area contributed by atoms with Crippen molar-refractivity contribution < 1.29 is 14.3 Å². The Balaban J connectivity index is 2.09. The summed E-state index contributed by atoms with van der Waals surface area (Å²) in [7, 11) is 0. The number of hydrogen-bond donors (Lipinski definition) is 0. The first-order chi connectivity index (χ1) is 10.7. The van der Waals surface area contributed by atoms with Crippen molar-refractivity contribution in [2.75, 3.05) is 0 Å². The van der Waals surface area contributed by atoms with Crippen LogP contribution in [0.2, 0.25) is 0 Å². The van der Waals surface area contributed by atoms with Gasteiger partial charge in [-0.05, 0) is 12.0 Å². The van der Waals surface area contributed by atoms with Gasteiger partial charge in [0.2, 0.25) is 0 Å². The van der Waals surface area contributed by atoms with Gasteiger partial charge < -0.3 is 4.74 Å². The quantitative estimate of drug-likeness (QED) is 0.266. The van der Waals surface area contributed by atoms with Crippen LogP contribution in [0.15, 0.2) is 72.3 Å². The van der Waals surface area contributed by atoms with E-state index < -0.39 is 5.97 Å². The summed E-state index contributed by atoms with van der Waals surface area (Å²) in [4.78, 5) is 24.6. The third-order valence-corrected chi connectivity index (χ3v) is 3.12. The van der Waals surface area contributed by atoms with E-state index in [0.29, 0.717) is 12.0 Å². The first-order valence-electron chi connectivity index (χ1n) is 7.23. The minimum absolute atomic E-state index is 0.0876. The molecule has 2 aromatic rings. The van der Waals surface area contributed by atoms with Crippen molar-refractivity contribution in [3.63, 3.8) is 0 Å². The fourth-order valence-corrected chi connectivity index (χ4v) is 2.02. The second-order valence-electron chi connectivity index (χ2n) is 4.78. The molecule has 0 heterocycles. The maximum atomic E-state index is 12.4. The van der Waals surface area contributed by atoms with Crippen molar-refractivity contribution in [1.29, 1.82) is 0 Å². The van der Waals surface area contributed by atoms with Crippen LogP contribution >= 0.6 is 0 Å². The van der Waals surface area contributed by atoms with Crippen LogP contribution in [0, 0.1) is 0 Å². The van der Waals surface area contributed by atoms with E-state index in [1.807, 2.05) is 43.3 Å². The highest BCUT2D eigenvalue weighted by atomic mass is 16.5. The van der Waals surface area contributed by atoms with Crippen molar-refractivity contribution >= 4 is 11.8 Å². The molecule has 0 bridgehead atoms. The molecule has 0 aliphatic heterocycles. The number of Topliss-reactive ketones (excluding diaryl/α,β-unsaturated/α-hetero) is 1. The molecule has 0 N–H and O–H groups in total. The molecule has 0 saturated carbocycles. The molecule has 0 aliphatic carbocycles. The molecule has 0 atom stereocenters. The molecule has 3 nitrogen and oxygen atoms in total. The van der Waals surface area contributed by atoms with Crippen LogP contribution in [0.1, 0.15) is 29.3 Å². The predicted octanol–water partition coefficient (Wildman–Crippen LogP) is 3.95. The molecule has 0 radical (unpaired) electrons. The van der Waals surface area contributed by atoms with Gasteiger partial charge in [-0.25, -0.2) is 4.79 Å². The smallest absolute Gasteiger partial charge is 0.342 e. The van der Waals surface area contributed by atoms with Gasteiger partial charge in [0.1, 0.15) is 12.2 Å². The van der Waals surface area contributed by atoms with Crippen molar-refractivity contribution in [3.8, 4) is 0 Å². The standard InChI is InChI=1S/C19H18O3/c1-2-9-17(18(20)16-12-7-4-8-13-16)19(21)22-14-15-10-5-3-6-11-15/h3-13H,2,14H2,1H3. The molecule has 0 amide bonds. The fraction of sp³-hybridized carbons (Fsp3) is 0.158. The number of carbonyl (C=O) groups excluding carboxylic acids is 2. The lowest BCUT2D eigenvalue weighted by Gasteiger charge is -2.08. The van der Waals surface area contributed by atoms with Crippen LogP contribution in [0.25, 0.3) is 0 Å². The van der Waals surface area contributed by atoms with Gasteiger partial charge in [0.15, 0.2) is 5.78 Å². The van der Waals surface area contributed by atoms with Gasteiger partial charge >= 0.3 is 5.97 Å². The van der Waals surface area contributed by atoms with Gasteiger partial charge in [0, 0.05) is 5.56 Å². The zero-order chi connectivity index (χ0) is 15.8. The highest BCUT2D eigenvalue weighted by Gasteiger charge is 2.20. The molecule has 2 rings (SSSR count). The minimum atomic E-state index is -0.584. The highest BCUT2D eigenvalue weighted by Crippen LogP contribution is 2.12. The van der Waals surface area contributed by atoms with Crippen molar-refractivity contribution in [1.82, 2.24) is 0 Å². The van der Waals surface area contributed by atoms with E-state index in [1.165, 1.54) is 0 Å². The van der Waals surface area contributed by atoms with Gasteiger partial charge in [0.25, 0.3) is 0 Å². The first-order valence-corrected chi connectivity index (χ1v) is 7.23. The highest BCUT2D eigenvalue weighted by molar-refractivity contribution is 6.24. The average Bonchev–Trinajstić information content (AvgIpc) is 2.58. The molecule has 22 heavy (non-hydrogen) atoms. The van der Waals surface area contributed by atoms with Gasteiger partial charge in [-0.1, -0.05) is 73.7 Å². The van der Waals surface area contributed by atoms with Crippen molar-refractivity contribution in [2.45, 2.75) is 20.0 Å². The number of hydrogen-bond acceptors (Lipinski definition) is 3. The number of carbonyl (C=O) groups is 2. The molecule has 112 valence electrons. The SMILES string of the molecule is CCC=C(C(=O)OCc1ccccc1)C(=O)c1ccccc1. The van der Waals surface area contributed by atoms with E-state index in [-0.39, 0.29) is 18.0 Å². The van der Waals surface area contributed by atoms with Gasteiger partial charge in [-0.2, -0.15) is 0 Å². The van der Waals surface area contributed by atoms with Gasteiger partial charge in [0.05, 0.1) is 0 Å². The monoisotopic (exact) mass is 294 g/mol. The summed E-state index contributed by atoms with van der Waals surface area (Å²) in [5.41, 5.74) is 1.46. The van der Waals surface area contributed by atoms with Gasteiger partial charge in [-0.15, -0.1) is 0 Å². The van der Waals surface area contributed by atoms with E-state index in [9.17, 15) is 9.59 Å². The van der Waals surface area contributed by atoms with E-state index in [0.717, 1.165) is 5.56 Å².